The highest BCUT2D eigenvalue weighted by Gasteiger charge is 2.28. The molecule has 0 bridgehead atoms. The van der Waals surface area contributed by atoms with Crippen LogP contribution in [-0.2, 0) is 17.6 Å². The number of halogens is 1. The predicted octanol–water partition coefficient (Wildman–Crippen LogP) is 3.38. The van der Waals surface area contributed by atoms with Gasteiger partial charge in [0.1, 0.15) is 0 Å². The first kappa shape index (κ1) is 16.4. The Morgan fingerprint density at radius 2 is 1.86 bits per heavy atom. The van der Waals surface area contributed by atoms with Gasteiger partial charge in [-0.1, -0.05) is 36.4 Å². The Morgan fingerprint density at radius 1 is 1.18 bits per heavy atom. The molecule has 116 valence electrons. The van der Waals surface area contributed by atoms with Crippen molar-refractivity contribution in [2.24, 2.45) is 0 Å². The number of nitrogens with two attached hydrogens (primary N) is 1. The fourth-order valence-corrected chi connectivity index (χ4v) is 3.05. The molecule has 2 aromatic carbocycles. The maximum atomic E-state index is 12.5. The monoisotopic (exact) mass is 316 g/mol. The molecule has 3 rings (SSSR count). The van der Waals surface area contributed by atoms with Crippen molar-refractivity contribution < 1.29 is 4.79 Å². The Kier molecular flexibility index (Phi) is 5.09. The van der Waals surface area contributed by atoms with Gasteiger partial charge in [0.15, 0.2) is 0 Å². The van der Waals surface area contributed by atoms with E-state index in [-0.39, 0.29) is 24.4 Å². The third-order valence-corrected chi connectivity index (χ3v) is 4.30. The van der Waals surface area contributed by atoms with Crippen molar-refractivity contribution in [1.82, 2.24) is 4.90 Å². The largest absolute Gasteiger partial charge is 0.399 e. The van der Waals surface area contributed by atoms with Gasteiger partial charge in [0.2, 0.25) is 5.91 Å². The van der Waals surface area contributed by atoms with Crippen LogP contribution < -0.4 is 5.73 Å². The maximum Gasteiger partial charge on any atom is 0.227 e. The summed E-state index contributed by atoms with van der Waals surface area (Å²) >= 11 is 0. The summed E-state index contributed by atoms with van der Waals surface area (Å²) in [4.78, 5) is 14.4. The molecule has 0 saturated heterocycles. The number of aryl methyl sites for hydroxylation is 1. The molecule has 3 nitrogen and oxygen atoms in total. The third kappa shape index (κ3) is 3.25. The zero-order chi connectivity index (χ0) is 14.8. The topological polar surface area (TPSA) is 46.3 Å². The molecular weight excluding hydrogens is 296 g/mol. The van der Waals surface area contributed by atoms with Crippen molar-refractivity contribution in [3.63, 3.8) is 0 Å². The second kappa shape index (κ2) is 6.84. The Hall–Kier alpha value is -2.00. The van der Waals surface area contributed by atoms with Gasteiger partial charge in [-0.3, -0.25) is 4.79 Å². The van der Waals surface area contributed by atoms with Gasteiger partial charge in [0.25, 0.3) is 0 Å². The molecule has 0 aliphatic heterocycles. The van der Waals surface area contributed by atoms with E-state index < -0.39 is 0 Å². The molecule has 0 aromatic heterocycles. The molecule has 4 heteroatoms. The summed E-state index contributed by atoms with van der Waals surface area (Å²) in [5, 5.41) is 0. The number of rotatable bonds is 3. The minimum Gasteiger partial charge on any atom is -0.399 e. The van der Waals surface area contributed by atoms with Crippen molar-refractivity contribution >= 4 is 24.0 Å². The highest BCUT2D eigenvalue weighted by atomic mass is 35.5. The average Bonchev–Trinajstić information content (AvgIpc) is 2.92. The van der Waals surface area contributed by atoms with Crippen LogP contribution >= 0.6 is 12.4 Å². The Morgan fingerprint density at radius 3 is 2.59 bits per heavy atom. The molecule has 2 N–H and O–H groups in total. The van der Waals surface area contributed by atoms with Crippen LogP contribution in [0.2, 0.25) is 0 Å². The number of fused-ring (bicyclic) bond motifs is 1. The van der Waals surface area contributed by atoms with E-state index in [0.717, 1.165) is 24.1 Å². The van der Waals surface area contributed by atoms with Gasteiger partial charge < -0.3 is 10.6 Å². The zero-order valence-corrected chi connectivity index (χ0v) is 13.5. The number of carbonyl (C=O) groups excluding carboxylic acids is 1. The third-order valence-electron chi connectivity index (χ3n) is 4.30. The van der Waals surface area contributed by atoms with Crippen molar-refractivity contribution in [3.8, 4) is 0 Å². The van der Waals surface area contributed by atoms with Gasteiger partial charge in [-0.25, -0.2) is 0 Å². The van der Waals surface area contributed by atoms with Gasteiger partial charge >= 0.3 is 0 Å². The lowest BCUT2D eigenvalue weighted by Crippen LogP contribution is -2.31. The highest BCUT2D eigenvalue weighted by molar-refractivity contribution is 5.85. The Balaban J connectivity index is 0.00000176. The van der Waals surface area contributed by atoms with Crippen LogP contribution in [-0.4, -0.2) is 17.9 Å². The predicted molar refractivity (Wildman–Crippen MR) is 92.1 cm³/mol. The van der Waals surface area contributed by atoms with Gasteiger partial charge in [-0.15, -0.1) is 12.4 Å². The van der Waals surface area contributed by atoms with E-state index in [2.05, 4.69) is 24.3 Å². The number of nitrogen functional groups attached to an aromatic ring is 1. The summed E-state index contributed by atoms with van der Waals surface area (Å²) in [7, 11) is 1.91. The molecule has 1 aliphatic carbocycles. The molecule has 1 atom stereocenters. The summed E-state index contributed by atoms with van der Waals surface area (Å²) in [6.07, 6.45) is 2.50. The van der Waals surface area contributed by atoms with Crippen LogP contribution in [0.3, 0.4) is 0 Å². The van der Waals surface area contributed by atoms with E-state index in [9.17, 15) is 4.79 Å². The standard InChI is InChI=1S/C18H20N2O.ClH/c1-20(17-11-8-14-4-2-3-5-16(14)17)18(21)12-13-6-9-15(19)10-7-13;/h2-7,9-10,17H,8,11-12,19H2,1H3;1H. The van der Waals surface area contributed by atoms with Crippen molar-refractivity contribution in [1.29, 1.82) is 0 Å². The number of hydrogen-bond donors (Lipinski definition) is 1. The summed E-state index contributed by atoms with van der Waals surface area (Å²) in [5.74, 6) is 0.154. The molecule has 1 amide bonds. The number of amides is 1. The van der Waals surface area contributed by atoms with Crippen molar-refractivity contribution in [2.45, 2.75) is 25.3 Å². The number of anilines is 1. The van der Waals surface area contributed by atoms with E-state index in [1.807, 2.05) is 36.2 Å². The van der Waals surface area contributed by atoms with Crippen LogP contribution in [0, 0.1) is 0 Å². The van der Waals surface area contributed by atoms with E-state index in [0.29, 0.717) is 6.42 Å². The number of carbonyl (C=O) groups is 1. The van der Waals surface area contributed by atoms with E-state index >= 15 is 0 Å². The lowest BCUT2D eigenvalue weighted by Gasteiger charge is -2.25. The molecule has 0 fully saturated rings. The zero-order valence-electron chi connectivity index (χ0n) is 12.7. The van der Waals surface area contributed by atoms with E-state index in [4.69, 9.17) is 5.73 Å². The minimum atomic E-state index is 0. The second-order valence-corrected chi connectivity index (χ2v) is 5.68. The van der Waals surface area contributed by atoms with Gasteiger partial charge in [0, 0.05) is 12.7 Å². The average molecular weight is 317 g/mol. The number of nitrogens with zero attached hydrogens (tertiary/aromatic N) is 1. The lowest BCUT2D eigenvalue weighted by molar-refractivity contribution is -0.131. The van der Waals surface area contributed by atoms with E-state index in [1.165, 1.54) is 11.1 Å². The van der Waals surface area contributed by atoms with Gasteiger partial charge in [0.05, 0.1) is 12.5 Å². The van der Waals surface area contributed by atoms with Crippen molar-refractivity contribution in [3.05, 3.63) is 65.2 Å². The summed E-state index contributed by atoms with van der Waals surface area (Å²) in [6, 6.07) is 16.1. The molecule has 0 spiro atoms. The quantitative estimate of drug-likeness (QED) is 0.882. The number of likely N-dealkylation sites (N-methyl/N-ethyl adjacent to an activating group) is 1. The highest BCUT2D eigenvalue weighted by Crippen LogP contribution is 2.35. The Bertz CT molecular complexity index is 654. The summed E-state index contributed by atoms with van der Waals surface area (Å²) in [5.41, 5.74) is 10.1. The SMILES string of the molecule is CN(C(=O)Cc1ccc(N)cc1)C1CCc2ccccc21.Cl. The number of benzene rings is 2. The first-order valence-corrected chi connectivity index (χ1v) is 7.33. The fraction of sp³-hybridized carbons (Fsp3) is 0.278. The first-order chi connectivity index (χ1) is 10.1. The van der Waals surface area contributed by atoms with Crippen LogP contribution in [0.1, 0.15) is 29.2 Å². The molecular formula is C18H21ClN2O. The van der Waals surface area contributed by atoms with Crippen LogP contribution in [0.5, 0.6) is 0 Å². The summed E-state index contributed by atoms with van der Waals surface area (Å²) < 4.78 is 0. The smallest absolute Gasteiger partial charge is 0.227 e. The van der Waals surface area contributed by atoms with Crippen LogP contribution in [0.15, 0.2) is 48.5 Å². The van der Waals surface area contributed by atoms with E-state index in [1.54, 1.807) is 0 Å². The van der Waals surface area contributed by atoms with Gasteiger partial charge in [-0.05, 0) is 41.7 Å². The molecule has 2 aromatic rings. The molecule has 0 heterocycles. The van der Waals surface area contributed by atoms with Crippen LogP contribution in [0.25, 0.3) is 0 Å². The second-order valence-electron chi connectivity index (χ2n) is 5.68. The van der Waals surface area contributed by atoms with Crippen molar-refractivity contribution in [2.75, 3.05) is 12.8 Å². The molecule has 0 saturated carbocycles. The minimum absolute atomic E-state index is 0. The molecule has 1 unspecified atom stereocenters. The lowest BCUT2D eigenvalue weighted by atomic mass is 10.1. The summed E-state index contributed by atoms with van der Waals surface area (Å²) in [6.45, 7) is 0. The fourth-order valence-electron chi connectivity index (χ4n) is 3.05. The van der Waals surface area contributed by atoms with Gasteiger partial charge in [-0.2, -0.15) is 0 Å². The molecule has 0 radical (unpaired) electrons. The molecule has 1 aliphatic rings. The first-order valence-electron chi connectivity index (χ1n) is 7.33. The number of hydrogen-bond acceptors (Lipinski definition) is 2. The molecule has 22 heavy (non-hydrogen) atoms. The maximum absolute atomic E-state index is 12.5. The normalized spacial score (nSPS) is 15.8. The van der Waals surface area contributed by atoms with Crippen LogP contribution in [0.4, 0.5) is 5.69 Å². The Labute approximate surface area is 137 Å².